The molecule has 4 rings (SSSR count). The van der Waals surface area contributed by atoms with Crippen LogP contribution in [-0.2, 0) is 0 Å². The van der Waals surface area contributed by atoms with Crippen LogP contribution in [0.2, 0.25) is 0 Å². The molecule has 1 fully saturated rings. The van der Waals surface area contributed by atoms with Crippen molar-refractivity contribution in [2.75, 3.05) is 12.4 Å². The van der Waals surface area contributed by atoms with Crippen LogP contribution in [0.3, 0.4) is 0 Å². The predicted molar refractivity (Wildman–Crippen MR) is 114 cm³/mol. The van der Waals surface area contributed by atoms with Crippen molar-refractivity contribution >= 4 is 11.6 Å². The molecule has 0 saturated heterocycles. The number of carbonyl (C=O) groups is 1. The minimum Gasteiger partial charge on any atom is -0.479 e. The van der Waals surface area contributed by atoms with Crippen molar-refractivity contribution < 1.29 is 31.5 Å². The van der Waals surface area contributed by atoms with E-state index in [1.54, 1.807) is 0 Å². The highest BCUT2D eigenvalue weighted by atomic mass is 19.3. The van der Waals surface area contributed by atoms with E-state index in [4.69, 9.17) is 4.74 Å². The molecule has 2 aromatic heterocycles. The summed E-state index contributed by atoms with van der Waals surface area (Å²) in [5, 5.41) is 2.60. The number of aromatic nitrogens is 2. The fourth-order valence-electron chi connectivity index (χ4n) is 4.05. The van der Waals surface area contributed by atoms with Crippen molar-refractivity contribution in [2.24, 2.45) is 0 Å². The quantitative estimate of drug-likeness (QED) is 0.450. The topological polar surface area (TPSA) is 64.1 Å². The largest absolute Gasteiger partial charge is 0.479 e. The van der Waals surface area contributed by atoms with Gasteiger partial charge in [-0.3, -0.25) is 9.78 Å². The molecule has 1 aliphatic carbocycles. The highest BCUT2D eigenvalue weighted by Crippen LogP contribution is 2.44. The van der Waals surface area contributed by atoms with Gasteiger partial charge >= 0.3 is 0 Å². The van der Waals surface area contributed by atoms with Crippen LogP contribution in [-0.4, -0.2) is 28.9 Å². The van der Waals surface area contributed by atoms with E-state index in [1.807, 2.05) is 0 Å². The lowest BCUT2D eigenvalue weighted by Gasteiger charge is -2.29. The summed E-state index contributed by atoms with van der Waals surface area (Å²) in [5.41, 5.74) is 0.137. The Bertz CT molecular complexity index is 1230. The Morgan fingerprint density at radius 1 is 1.03 bits per heavy atom. The molecule has 1 amide bonds. The van der Waals surface area contributed by atoms with Gasteiger partial charge in [-0.15, -0.1) is 0 Å². The van der Waals surface area contributed by atoms with E-state index in [2.05, 4.69) is 15.3 Å². The Morgan fingerprint density at radius 2 is 1.76 bits per heavy atom. The van der Waals surface area contributed by atoms with Crippen LogP contribution in [0.5, 0.6) is 5.88 Å². The van der Waals surface area contributed by atoms with E-state index in [-0.39, 0.29) is 59.6 Å². The molecule has 0 unspecified atom stereocenters. The van der Waals surface area contributed by atoms with Crippen molar-refractivity contribution in [2.45, 2.75) is 37.5 Å². The van der Waals surface area contributed by atoms with Gasteiger partial charge < -0.3 is 10.1 Å². The molecule has 1 N–H and O–H groups in total. The lowest BCUT2D eigenvalue weighted by molar-refractivity contribution is -0.0384. The molecule has 178 valence electrons. The van der Waals surface area contributed by atoms with Gasteiger partial charge in [0.25, 0.3) is 5.91 Å². The minimum atomic E-state index is -2.79. The maximum absolute atomic E-state index is 14.6. The third-order valence-corrected chi connectivity index (χ3v) is 5.80. The highest BCUT2D eigenvalue weighted by molar-refractivity contribution is 6.06. The monoisotopic (exact) mass is 477 g/mol. The summed E-state index contributed by atoms with van der Waals surface area (Å²) < 4.78 is 74.9. The van der Waals surface area contributed by atoms with Gasteiger partial charge in [0.05, 0.1) is 24.1 Å². The molecule has 1 aliphatic rings. The lowest BCUT2D eigenvalue weighted by Crippen LogP contribution is -2.25. The summed E-state index contributed by atoms with van der Waals surface area (Å²) >= 11 is 0. The SMILES string of the molecule is COc1ncc(C(=O)Nc2c(-c3cc(F)ccc3F)ccnc2C2CCC(F)(F)CC2)cc1F. The number of methoxy groups -OCH3 is 1. The number of nitrogens with one attached hydrogen (secondary N) is 1. The fraction of sp³-hybridized carbons (Fsp3) is 0.292. The molecule has 34 heavy (non-hydrogen) atoms. The first-order chi connectivity index (χ1) is 16.2. The maximum atomic E-state index is 14.6. The summed E-state index contributed by atoms with van der Waals surface area (Å²) in [4.78, 5) is 21.0. The average Bonchev–Trinajstić information content (AvgIpc) is 2.81. The number of ether oxygens (including phenoxy) is 1. The Morgan fingerprint density at radius 3 is 2.44 bits per heavy atom. The summed E-state index contributed by atoms with van der Waals surface area (Å²) in [7, 11) is 1.22. The van der Waals surface area contributed by atoms with Crippen LogP contribution in [0.4, 0.5) is 27.6 Å². The molecule has 1 saturated carbocycles. The predicted octanol–water partition coefficient (Wildman–Crippen LogP) is 6.11. The standard InChI is InChI=1S/C24H20F5N3O2/c1-34-23-19(27)10-14(12-31-23)22(33)32-21-16(17-11-15(25)2-3-18(17)26)6-9-30-20(21)13-4-7-24(28,29)8-5-13/h2-3,6,9-13H,4-5,7-8H2,1H3,(H,32,33). The van der Waals surface area contributed by atoms with Gasteiger partial charge in [0.1, 0.15) is 11.6 Å². The fourth-order valence-corrected chi connectivity index (χ4v) is 4.05. The number of nitrogens with zero attached hydrogens (tertiary/aromatic N) is 2. The number of rotatable bonds is 5. The molecule has 10 heteroatoms. The van der Waals surface area contributed by atoms with Gasteiger partial charge in [-0.2, -0.15) is 0 Å². The first-order valence-corrected chi connectivity index (χ1v) is 10.5. The first kappa shape index (κ1) is 23.6. The molecular formula is C24H20F5N3O2. The van der Waals surface area contributed by atoms with E-state index in [0.29, 0.717) is 0 Å². The maximum Gasteiger partial charge on any atom is 0.257 e. The third-order valence-electron chi connectivity index (χ3n) is 5.80. The summed E-state index contributed by atoms with van der Waals surface area (Å²) in [5.74, 6) is -6.65. The summed E-state index contributed by atoms with van der Waals surface area (Å²) in [6.07, 6.45) is 1.91. The van der Waals surface area contributed by atoms with Gasteiger partial charge in [-0.1, -0.05) is 0 Å². The highest BCUT2D eigenvalue weighted by Gasteiger charge is 2.37. The van der Waals surface area contributed by atoms with Crippen molar-refractivity contribution in [1.82, 2.24) is 9.97 Å². The Kier molecular flexibility index (Phi) is 6.49. The normalized spacial score (nSPS) is 15.7. The van der Waals surface area contributed by atoms with E-state index in [9.17, 15) is 26.7 Å². The number of alkyl halides is 2. The average molecular weight is 477 g/mol. The van der Waals surface area contributed by atoms with Crippen LogP contribution in [0.1, 0.15) is 47.7 Å². The third kappa shape index (κ3) is 4.85. The van der Waals surface area contributed by atoms with Crippen LogP contribution in [0.15, 0.2) is 42.7 Å². The molecule has 3 aromatic rings. The van der Waals surface area contributed by atoms with Crippen molar-refractivity contribution in [3.63, 3.8) is 0 Å². The number of benzene rings is 1. The minimum absolute atomic E-state index is 0.0449. The number of hydrogen-bond acceptors (Lipinski definition) is 4. The number of anilines is 1. The number of carbonyl (C=O) groups excluding carboxylic acids is 1. The zero-order valence-corrected chi connectivity index (χ0v) is 18.0. The molecule has 2 heterocycles. The lowest BCUT2D eigenvalue weighted by atomic mass is 9.83. The van der Waals surface area contributed by atoms with Gasteiger partial charge in [0, 0.05) is 42.3 Å². The van der Waals surface area contributed by atoms with E-state index in [0.717, 1.165) is 30.5 Å². The van der Waals surface area contributed by atoms with Gasteiger partial charge in [-0.05, 0) is 43.2 Å². The van der Waals surface area contributed by atoms with Crippen LogP contribution in [0, 0.1) is 17.5 Å². The second-order valence-corrected chi connectivity index (χ2v) is 8.04. The van der Waals surface area contributed by atoms with Crippen LogP contribution in [0.25, 0.3) is 11.1 Å². The van der Waals surface area contributed by atoms with E-state index >= 15 is 0 Å². The molecule has 0 atom stereocenters. The molecule has 0 bridgehead atoms. The second-order valence-electron chi connectivity index (χ2n) is 8.04. The Balaban J connectivity index is 1.78. The van der Waals surface area contributed by atoms with Gasteiger partial charge in [0.2, 0.25) is 11.8 Å². The van der Waals surface area contributed by atoms with E-state index < -0.39 is 35.2 Å². The first-order valence-electron chi connectivity index (χ1n) is 10.5. The molecule has 0 aliphatic heterocycles. The Hall–Kier alpha value is -3.56. The number of pyridine rings is 2. The number of halogens is 5. The smallest absolute Gasteiger partial charge is 0.257 e. The van der Waals surface area contributed by atoms with Crippen molar-refractivity contribution in [1.29, 1.82) is 0 Å². The molecule has 0 radical (unpaired) electrons. The number of hydrogen-bond donors (Lipinski definition) is 1. The van der Waals surface area contributed by atoms with Crippen LogP contribution < -0.4 is 10.1 Å². The van der Waals surface area contributed by atoms with E-state index in [1.165, 1.54) is 19.4 Å². The molecule has 1 aromatic carbocycles. The van der Waals surface area contributed by atoms with Crippen LogP contribution >= 0.6 is 0 Å². The van der Waals surface area contributed by atoms with Gasteiger partial charge in [-0.25, -0.2) is 26.9 Å². The summed E-state index contributed by atoms with van der Waals surface area (Å²) in [6.45, 7) is 0. The second kappa shape index (κ2) is 9.36. The molecule has 5 nitrogen and oxygen atoms in total. The zero-order valence-electron chi connectivity index (χ0n) is 18.0. The zero-order chi connectivity index (χ0) is 24.5. The van der Waals surface area contributed by atoms with Crippen molar-refractivity contribution in [3.05, 3.63) is 71.4 Å². The number of amides is 1. The molecular weight excluding hydrogens is 457 g/mol. The molecule has 0 spiro atoms. The van der Waals surface area contributed by atoms with Crippen molar-refractivity contribution in [3.8, 4) is 17.0 Å². The Labute approximate surface area is 192 Å². The summed E-state index contributed by atoms with van der Waals surface area (Å²) in [6, 6.07) is 5.17. The van der Waals surface area contributed by atoms with Gasteiger partial charge in [0.15, 0.2) is 5.82 Å².